The summed E-state index contributed by atoms with van der Waals surface area (Å²) in [5.41, 5.74) is 0.970. The first-order valence-electron chi connectivity index (χ1n) is 3.28. The van der Waals surface area contributed by atoms with Crippen molar-refractivity contribution in [3.63, 3.8) is 0 Å². The molecule has 0 saturated heterocycles. The lowest BCUT2D eigenvalue weighted by atomic mass is 10.3. The Morgan fingerprint density at radius 2 is 2.27 bits per heavy atom. The van der Waals surface area contributed by atoms with Crippen molar-refractivity contribution in [1.29, 1.82) is 0 Å². The molecule has 0 radical (unpaired) electrons. The molecule has 0 saturated carbocycles. The maximum atomic E-state index is 4.06. The molecule has 0 N–H and O–H groups in total. The molecule has 0 unspecified atom stereocenters. The smallest absolute Gasteiger partial charge is 0.160 e. The topological polar surface area (TPSA) is 50.5 Å². The predicted molar refractivity (Wildman–Crippen MR) is 42.4 cm³/mol. The predicted octanol–water partition coefficient (Wildman–Crippen LogP) is 0.763. The number of aliphatic imine (C=N–C) groups is 2. The fraction of sp³-hybridized carbons (Fsp3) is 0.143. The standard InChI is InChI=1S/C7H6N4/c1-2-10-7-6(3-8-1)4-9-5-11-7/h1-2,4-5H,3H2. The van der Waals surface area contributed by atoms with Crippen LogP contribution in [0.25, 0.3) is 0 Å². The summed E-state index contributed by atoms with van der Waals surface area (Å²) in [7, 11) is 0. The van der Waals surface area contributed by atoms with Gasteiger partial charge in [0.05, 0.1) is 6.54 Å². The summed E-state index contributed by atoms with van der Waals surface area (Å²) < 4.78 is 0. The van der Waals surface area contributed by atoms with Crippen LogP contribution in [0.1, 0.15) is 5.56 Å². The van der Waals surface area contributed by atoms with Crippen LogP contribution < -0.4 is 0 Å². The molecule has 0 atom stereocenters. The van der Waals surface area contributed by atoms with E-state index in [2.05, 4.69) is 20.0 Å². The van der Waals surface area contributed by atoms with E-state index in [1.807, 2.05) is 0 Å². The second-order valence-corrected chi connectivity index (χ2v) is 2.14. The highest BCUT2D eigenvalue weighted by atomic mass is 15.0. The fourth-order valence-electron chi connectivity index (χ4n) is 0.882. The Morgan fingerprint density at radius 1 is 1.27 bits per heavy atom. The van der Waals surface area contributed by atoms with Gasteiger partial charge < -0.3 is 0 Å². The van der Waals surface area contributed by atoms with E-state index in [1.54, 1.807) is 18.6 Å². The second-order valence-electron chi connectivity index (χ2n) is 2.14. The number of fused-ring (bicyclic) bond motifs is 1. The van der Waals surface area contributed by atoms with Crippen LogP contribution in [0.2, 0.25) is 0 Å². The number of hydrogen-bond donors (Lipinski definition) is 0. The number of hydrogen-bond acceptors (Lipinski definition) is 4. The van der Waals surface area contributed by atoms with Crippen molar-refractivity contribution in [3.8, 4) is 0 Å². The molecule has 1 aromatic heterocycles. The number of rotatable bonds is 0. The molecule has 0 spiro atoms. The van der Waals surface area contributed by atoms with Gasteiger partial charge in [-0.1, -0.05) is 0 Å². The van der Waals surface area contributed by atoms with Crippen LogP contribution in [-0.2, 0) is 6.54 Å². The number of nitrogens with zero attached hydrogens (tertiary/aromatic N) is 4. The largest absolute Gasteiger partial charge is 0.287 e. The van der Waals surface area contributed by atoms with Gasteiger partial charge in [0, 0.05) is 24.2 Å². The zero-order valence-corrected chi connectivity index (χ0v) is 5.81. The Bertz CT molecular complexity index is 316. The van der Waals surface area contributed by atoms with Crippen LogP contribution in [-0.4, -0.2) is 22.4 Å². The Kier molecular flexibility index (Phi) is 1.44. The van der Waals surface area contributed by atoms with Gasteiger partial charge in [-0.25, -0.2) is 15.0 Å². The third-order valence-corrected chi connectivity index (χ3v) is 1.39. The van der Waals surface area contributed by atoms with Crippen LogP contribution in [0.15, 0.2) is 22.5 Å². The minimum atomic E-state index is 0.621. The molecule has 4 nitrogen and oxygen atoms in total. The molecule has 0 aromatic carbocycles. The van der Waals surface area contributed by atoms with E-state index < -0.39 is 0 Å². The zero-order chi connectivity index (χ0) is 7.52. The molecule has 1 aliphatic rings. The Labute approximate surface area is 63.8 Å². The van der Waals surface area contributed by atoms with Crippen molar-refractivity contribution in [3.05, 3.63) is 18.1 Å². The molecule has 0 aliphatic carbocycles. The summed E-state index contributed by atoms with van der Waals surface area (Å²) in [6, 6.07) is 0. The highest BCUT2D eigenvalue weighted by Gasteiger charge is 2.01. The lowest BCUT2D eigenvalue weighted by Crippen LogP contribution is -1.85. The molecule has 1 aromatic rings. The SMILES string of the molecule is C1=NCc2cncnc2N=C1. The fourth-order valence-corrected chi connectivity index (χ4v) is 0.882. The van der Waals surface area contributed by atoms with Crippen molar-refractivity contribution in [2.45, 2.75) is 6.54 Å². The summed E-state index contributed by atoms with van der Waals surface area (Å²) in [5, 5.41) is 0. The van der Waals surface area contributed by atoms with Gasteiger partial charge in [0.25, 0.3) is 0 Å². The van der Waals surface area contributed by atoms with E-state index >= 15 is 0 Å². The number of aromatic nitrogens is 2. The van der Waals surface area contributed by atoms with E-state index in [-0.39, 0.29) is 0 Å². The first kappa shape index (κ1) is 6.15. The average Bonchev–Trinajstić information content (AvgIpc) is 2.28. The highest BCUT2D eigenvalue weighted by Crippen LogP contribution is 2.14. The van der Waals surface area contributed by atoms with E-state index in [4.69, 9.17) is 0 Å². The molecule has 0 bridgehead atoms. The lowest BCUT2D eigenvalue weighted by Gasteiger charge is -1.95. The van der Waals surface area contributed by atoms with Crippen molar-refractivity contribution in [2.24, 2.45) is 9.98 Å². The highest BCUT2D eigenvalue weighted by molar-refractivity contribution is 6.16. The molecule has 0 fully saturated rings. The van der Waals surface area contributed by atoms with Gasteiger partial charge in [-0.3, -0.25) is 4.99 Å². The summed E-state index contributed by atoms with van der Waals surface area (Å²) in [5.74, 6) is 0.720. The normalized spacial score (nSPS) is 14.2. The molecule has 0 amide bonds. The Balaban J connectivity index is 2.52. The minimum Gasteiger partial charge on any atom is -0.287 e. The lowest BCUT2D eigenvalue weighted by molar-refractivity contribution is 1.02. The molecule has 2 heterocycles. The maximum absolute atomic E-state index is 4.06. The van der Waals surface area contributed by atoms with Crippen LogP contribution in [0, 0.1) is 0 Å². The third-order valence-electron chi connectivity index (χ3n) is 1.39. The van der Waals surface area contributed by atoms with Gasteiger partial charge in [0.2, 0.25) is 0 Å². The van der Waals surface area contributed by atoms with Gasteiger partial charge in [0.1, 0.15) is 6.33 Å². The van der Waals surface area contributed by atoms with E-state index in [0.29, 0.717) is 6.54 Å². The molecule has 11 heavy (non-hydrogen) atoms. The average molecular weight is 146 g/mol. The van der Waals surface area contributed by atoms with Gasteiger partial charge in [0.15, 0.2) is 5.82 Å². The van der Waals surface area contributed by atoms with E-state index in [0.717, 1.165) is 11.4 Å². The summed E-state index contributed by atoms with van der Waals surface area (Å²) >= 11 is 0. The van der Waals surface area contributed by atoms with E-state index in [1.165, 1.54) is 6.33 Å². The van der Waals surface area contributed by atoms with Crippen LogP contribution in [0.4, 0.5) is 5.82 Å². The Morgan fingerprint density at radius 3 is 3.27 bits per heavy atom. The molecule has 1 aliphatic heterocycles. The Hall–Kier alpha value is -1.58. The second kappa shape index (κ2) is 2.57. The molecular weight excluding hydrogens is 140 g/mol. The molecule has 54 valence electrons. The van der Waals surface area contributed by atoms with E-state index in [9.17, 15) is 0 Å². The van der Waals surface area contributed by atoms with Crippen molar-refractivity contribution in [1.82, 2.24) is 9.97 Å². The van der Waals surface area contributed by atoms with Crippen LogP contribution in [0.5, 0.6) is 0 Å². The summed E-state index contributed by atoms with van der Waals surface area (Å²) in [6.45, 7) is 0.621. The van der Waals surface area contributed by atoms with Crippen LogP contribution in [0.3, 0.4) is 0 Å². The van der Waals surface area contributed by atoms with Gasteiger partial charge in [-0.05, 0) is 0 Å². The molecule has 4 heteroatoms. The summed E-state index contributed by atoms with van der Waals surface area (Å²) in [4.78, 5) is 16.0. The van der Waals surface area contributed by atoms with Gasteiger partial charge in [-0.15, -0.1) is 0 Å². The van der Waals surface area contributed by atoms with Crippen LogP contribution >= 0.6 is 0 Å². The quantitative estimate of drug-likeness (QED) is 0.542. The minimum absolute atomic E-state index is 0.621. The first-order chi connectivity index (χ1) is 5.47. The molecular formula is C7H6N4. The first-order valence-corrected chi connectivity index (χ1v) is 3.28. The van der Waals surface area contributed by atoms with Gasteiger partial charge in [-0.2, -0.15) is 0 Å². The third kappa shape index (κ3) is 1.14. The van der Waals surface area contributed by atoms with Gasteiger partial charge >= 0.3 is 0 Å². The van der Waals surface area contributed by atoms with Crippen molar-refractivity contribution < 1.29 is 0 Å². The monoisotopic (exact) mass is 146 g/mol. The summed E-state index contributed by atoms with van der Waals surface area (Å²) in [6.07, 6.45) is 6.53. The molecule has 2 rings (SSSR count). The van der Waals surface area contributed by atoms with Crippen molar-refractivity contribution >= 4 is 18.2 Å². The maximum Gasteiger partial charge on any atom is 0.160 e. The zero-order valence-electron chi connectivity index (χ0n) is 5.81. The van der Waals surface area contributed by atoms with Crippen molar-refractivity contribution in [2.75, 3.05) is 0 Å².